The Morgan fingerprint density at radius 2 is 2.11 bits per heavy atom. The molecule has 1 aliphatic heterocycles. The van der Waals surface area contributed by atoms with E-state index >= 15 is 0 Å². The van der Waals surface area contributed by atoms with Crippen LogP contribution in [0, 0.1) is 0 Å². The summed E-state index contributed by atoms with van der Waals surface area (Å²) in [7, 11) is 0. The van der Waals surface area contributed by atoms with Gasteiger partial charge in [-0.25, -0.2) is 4.98 Å². The number of fused-ring (bicyclic) bond motifs is 2. The summed E-state index contributed by atoms with van der Waals surface area (Å²) in [5, 5.41) is 3.42. The van der Waals surface area contributed by atoms with Gasteiger partial charge in [0.2, 0.25) is 0 Å². The Balaban J connectivity index is 1.85. The van der Waals surface area contributed by atoms with Crippen LogP contribution in [0.3, 0.4) is 0 Å². The van der Waals surface area contributed by atoms with Crippen molar-refractivity contribution in [1.29, 1.82) is 0 Å². The first-order valence-corrected chi connectivity index (χ1v) is 6.04. The van der Waals surface area contributed by atoms with Crippen molar-refractivity contribution in [2.45, 2.75) is 5.92 Å². The maximum absolute atomic E-state index is 4.66. The van der Waals surface area contributed by atoms with Gasteiger partial charge in [0, 0.05) is 18.4 Å². The number of H-pyrrole nitrogens is 1. The van der Waals surface area contributed by atoms with Gasteiger partial charge in [-0.3, -0.25) is 4.98 Å². The first-order chi connectivity index (χ1) is 8.92. The van der Waals surface area contributed by atoms with E-state index in [2.05, 4.69) is 44.5 Å². The lowest BCUT2D eigenvalue weighted by Gasteiger charge is -2.05. The Labute approximate surface area is 104 Å². The lowest BCUT2D eigenvalue weighted by Crippen LogP contribution is -2.05. The molecular formula is C14H12N4. The van der Waals surface area contributed by atoms with Gasteiger partial charge >= 0.3 is 0 Å². The molecule has 0 fully saturated rings. The fourth-order valence-electron chi connectivity index (χ4n) is 2.57. The third kappa shape index (κ3) is 1.32. The number of aromatic amines is 1. The molecule has 4 nitrogen and oxygen atoms in total. The van der Waals surface area contributed by atoms with Crippen LogP contribution in [0.25, 0.3) is 11.0 Å². The number of hydrogen-bond donors (Lipinski definition) is 2. The van der Waals surface area contributed by atoms with Crippen molar-refractivity contribution in [3.63, 3.8) is 0 Å². The van der Waals surface area contributed by atoms with Crippen LogP contribution in [0.2, 0.25) is 0 Å². The van der Waals surface area contributed by atoms with Crippen LogP contribution in [0.4, 0.5) is 5.69 Å². The predicted molar refractivity (Wildman–Crippen MR) is 70.7 cm³/mol. The predicted octanol–water partition coefficient (Wildman–Crippen LogP) is 2.52. The van der Waals surface area contributed by atoms with Crippen LogP contribution in [0.1, 0.15) is 17.3 Å². The topological polar surface area (TPSA) is 53.6 Å². The average molecular weight is 236 g/mol. The number of pyridine rings is 1. The number of nitrogens with one attached hydrogen (secondary N) is 2. The largest absolute Gasteiger partial charge is 0.384 e. The van der Waals surface area contributed by atoms with Gasteiger partial charge in [-0.1, -0.05) is 18.2 Å². The molecule has 0 saturated heterocycles. The highest BCUT2D eigenvalue weighted by Gasteiger charge is 2.25. The molecule has 18 heavy (non-hydrogen) atoms. The fourth-order valence-corrected chi connectivity index (χ4v) is 2.57. The summed E-state index contributed by atoms with van der Waals surface area (Å²) in [4.78, 5) is 12.1. The van der Waals surface area contributed by atoms with Crippen molar-refractivity contribution in [3.8, 4) is 0 Å². The van der Waals surface area contributed by atoms with E-state index in [1.165, 1.54) is 11.3 Å². The van der Waals surface area contributed by atoms with Crippen LogP contribution >= 0.6 is 0 Å². The van der Waals surface area contributed by atoms with Crippen LogP contribution < -0.4 is 5.32 Å². The Kier molecular flexibility index (Phi) is 1.91. The van der Waals surface area contributed by atoms with Gasteiger partial charge < -0.3 is 10.3 Å². The summed E-state index contributed by atoms with van der Waals surface area (Å²) < 4.78 is 0. The van der Waals surface area contributed by atoms with E-state index in [-0.39, 0.29) is 0 Å². The zero-order valence-electron chi connectivity index (χ0n) is 9.72. The van der Waals surface area contributed by atoms with E-state index in [4.69, 9.17) is 0 Å². The van der Waals surface area contributed by atoms with Crippen molar-refractivity contribution in [3.05, 3.63) is 54.1 Å². The number of para-hydroxylation sites is 1. The number of nitrogens with zero attached hydrogens (tertiary/aromatic N) is 2. The molecular weight excluding hydrogens is 224 g/mol. The second-order valence-electron chi connectivity index (χ2n) is 4.54. The molecule has 0 aliphatic carbocycles. The standard InChI is InChI=1S/C14H12N4/c1-2-4-11-9(3-1)10(7-16-11)14-17-12-5-6-15-8-13(12)18-14/h1-6,8,10,16H,7H2,(H,17,18). The summed E-state index contributed by atoms with van der Waals surface area (Å²) in [5.41, 5.74) is 4.49. The van der Waals surface area contributed by atoms with E-state index in [9.17, 15) is 0 Å². The molecule has 1 aliphatic rings. The lowest BCUT2D eigenvalue weighted by molar-refractivity contribution is 0.836. The van der Waals surface area contributed by atoms with Gasteiger partial charge in [-0.2, -0.15) is 0 Å². The lowest BCUT2D eigenvalue weighted by atomic mass is 10.0. The van der Waals surface area contributed by atoms with Crippen molar-refractivity contribution < 1.29 is 0 Å². The van der Waals surface area contributed by atoms with Gasteiger partial charge in [0.15, 0.2) is 0 Å². The summed E-state index contributed by atoms with van der Waals surface area (Å²) in [6, 6.07) is 10.3. The molecule has 1 unspecified atom stereocenters. The zero-order chi connectivity index (χ0) is 11.9. The smallest absolute Gasteiger partial charge is 0.116 e. The second kappa shape index (κ2) is 3.57. The highest BCUT2D eigenvalue weighted by molar-refractivity contribution is 5.74. The van der Waals surface area contributed by atoms with Crippen LogP contribution in [-0.2, 0) is 0 Å². The van der Waals surface area contributed by atoms with E-state index in [1.807, 2.05) is 12.3 Å². The molecule has 0 radical (unpaired) electrons. The first-order valence-electron chi connectivity index (χ1n) is 6.04. The Hall–Kier alpha value is -2.36. The monoisotopic (exact) mass is 236 g/mol. The molecule has 4 rings (SSSR count). The second-order valence-corrected chi connectivity index (χ2v) is 4.54. The first kappa shape index (κ1) is 9.65. The van der Waals surface area contributed by atoms with Crippen molar-refractivity contribution >= 4 is 16.7 Å². The highest BCUT2D eigenvalue weighted by atomic mass is 15.0. The Morgan fingerprint density at radius 1 is 1.17 bits per heavy atom. The van der Waals surface area contributed by atoms with Crippen LogP contribution in [-0.4, -0.2) is 21.5 Å². The molecule has 4 heteroatoms. The van der Waals surface area contributed by atoms with Gasteiger partial charge in [0.1, 0.15) is 5.82 Å². The van der Waals surface area contributed by atoms with E-state index in [1.54, 1.807) is 6.20 Å². The van der Waals surface area contributed by atoms with Crippen molar-refractivity contribution in [2.24, 2.45) is 0 Å². The highest BCUT2D eigenvalue weighted by Crippen LogP contribution is 2.34. The van der Waals surface area contributed by atoms with Gasteiger partial charge in [0.25, 0.3) is 0 Å². The number of benzene rings is 1. The maximum atomic E-state index is 4.66. The van der Waals surface area contributed by atoms with E-state index < -0.39 is 0 Å². The number of aromatic nitrogens is 3. The van der Waals surface area contributed by atoms with Crippen molar-refractivity contribution in [1.82, 2.24) is 15.0 Å². The number of anilines is 1. The molecule has 2 aromatic heterocycles. The Morgan fingerprint density at radius 3 is 3.06 bits per heavy atom. The summed E-state index contributed by atoms with van der Waals surface area (Å²) in [6.07, 6.45) is 3.59. The number of rotatable bonds is 1. The molecule has 1 aromatic carbocycles. The molecule has 1 atom stereocenters. The molecule has 0 amide bonds. The summed E-state index contributed by atoms with van der Waals surface area (Å²) in [6.45, 7) is 0.895. The maximum Gasteiger partial charge on any atom is 0.116 e. The van der Waals surface area contributed by atoms with Gasteiger partial charge in [-0.05, 0) is 17.7 Å². The minimum absolute atomic E-state index is 0.300. The average Bonchev–Trinajstić information content (AvgIpc) is 3.02. The number of imidazole rings is 1. The molecule has 0 bridgehead atoms. The molecule has 0 spiro atoms. The van der Waals surface area contributed by atoms with E-state index in [0.717, 1.165) is 23.4 Å². The minimum Gasteiger partial charge on any atom is -0.384 e. The normalized spacial score (nSPS) is 17.7. The summed E-state index contributed by atoms with van der Waals surface area (Å²) in [5.74, 6) is 1.31. The summed E-state index contributed by atoms with van der Waals surface area (Å²) >= 11 is 0. The van der Waals surface area contributed by atoms with Gasteiger partial charge in [0.05, 0.1) is 23.1 Å². The molecule has 3 aromatic rings. The van der Waals surface area contributed by atoms with Gasteiger partial charge in [-0.15, -0.1) is 0 Å². The van der Waals surface area contributed by atoms with Crippen molar-refractivity contribution in [2.75, 3.05) is 11.9 Å². The molecule has 0 saturated carbocycles. The van der Waals surface area contributed by atoms with Crippen LogP contribution in [0.15, 0.2) is 42.7 Å². The molecule has 88 valence electrons. The zero-order valence-corrected chi connectivity index (χ0v) is 9.72. The van der Waals surface area contributed by atoms with E-state index in [0.29, 0.717) is 5.92 Å². The van der Waals surface area contributed by atoms with Crippen LogP contribution in [0.5, 0.6) is 0 Å². The fraction of sp³-hybridized carbons (Fsp3) is 0.143. The molecule has 3 heterocycles. The SMILES string of the molecule is c1ccc2c(c1)NCC2c1nc2ccncc2[nH]1. The molecule has 2 N–H and O–H groups in total. The third-order valence-corrected chi connectivity index (χ3v) is 3.46. The third-order valence-electron chi connectivity index (χ3n) is 3.46. The number of hydrogen-bond acceptors (Lipinski definition) is 3. The Bertz CT molecular complexity index is 683. The minimum atomic E-state index is 0.300. The quantitative estimate of drug-likeness (QED) is 0.682.